The van der Waals surface area contributed by atoms with Crippen LogP contribution in [0.25, 0.3) is 6.08 Å². The highest BCUT2D eigenvalue weighted by molar-refractivity contribution is 5.66. The van der Waals surface area contributed by atoms with Gasteiger partial charge < -0.3 is 9.47 Å². The van der Waals surface area contributed by atoms with Crippen LogP contribution in [0.4, 0.5) is 0 Å². The van der Waals surface area contributed by atoms with E-state index in [0.717, 1.165) is 11.8 Å². The minimum absolute atomic E-state index is 0.684. The van der Waals surface area contributed by atoms with Crippen LogP contribution in [0.5, 0.6) is 11.5 Å². The van der Waals surface area contributed by atoms with Crippen molar-refractivity contribution >= 4 is 12.4 Å². The quantitative estimate of drug-likeness (QED) is 0.432. The molecule has 0 amide bonds. The molecule has 1 aromatic rings. The van der Waals surface area contributed by atoms with Crippen LogP contribution in [0.3, 0.4) is 0 Å². The number of benzene rings is 1. The lowest BCUT2D eigenvalue weighted by Crippen LogP contribution is -1.90. The average molecular weight is 218 g/mol. The lowest BCUT2D eigenvalue weighted by atomic mass is 10.2. The lowest BCUT2D eigenvalue weighted by Gasteiger charge is -2.07. The van der Waals surface area contributed by atoms with Crippen molar-refractivity contribution in [3.63, 3.8) is 0 Å². The molecule has 0 saturated carbocycles. The Morgan fingerprint density at radius 3 is 2.38 bits per heavy atom. The van der Waals surface area contributed by atoms with Crippen molar-refractivity contribution in [2.45, 2.75) is 0 Å². The van der Waals surface area contributed by atoms with Gasteiger partial charge in [0.25, 0.3) is 0 Å². The maximum Gasteiger partial charge on any atom is 0.161 e. The molecular formula is C13H14O3. The molecule has 1 aromatic carbocycles. The summed E-state index contributed by atoms with van der Waals surface area (Å²) in [7, 11) is 3.19. The Morgan fingerprint density at radius 1 is 1.00 bits per heavy atom. The first-order chi connectivity index (χ1) is 7.81. The number of carbonyl (C=O) groups is 1. The molecule has 0 aliphatic heterocycles. The van der Waals surface area contributed by atoms with Gasteiger partial charge in [0.15, 0.2) is 11.5 Å². The Labute approximate surface area is 95.0 Å². The molecule has 0 aliphatic carbocycles. The van der Waals surface area contributed by atoms with Crippen LogP contribution in [0.1, 0.15) is 5.56 Å². The zero-order chi connectivity index (χ0) is 11.8. The number of aldehydes is 1. The summed E-state index contributed by atoms with van der Waals surface area (Å²) in [6.07, 6.45) is 7.50. The first-order valence-corrected chi connectivity index (χ1v) is 4.82. The van der Waals surface area contributed by atoms with Crippen LogP contribution in [0.2, 0.25) is 0 Å². The highest BCUT2D eigenvalue weighted by Gasteiger charge is 2.01. The maximum absolute atomic E-state index is 10.0. The van der Waals surface area contributed by atoms with Crippen molar-refractivity contribution in [1.82, 2.24) is 0 Å². The van der Waals surface area contributed by atoms with E-state index in [1.165, 1.54) is 6.08 Å². The predicted molar refractivity (Wildman–Crippen MR) is 63.8 cm³/mol. The third-order valence-electron chi connectivity index (χ3n) is 2.00. The summed E-state index contributed by atoms with van der Waals surface area (Å²) in [4.78, 5) is 10.0. The fourth-order valence-electron chi connectivity index (χ4n) is 1.23. The van der Waals surface area contributed by atoms with Crippen LogP contribution in [-0.4, -0.2) is 20.5 Å². The van der Waals surface area contributed by atoms with Crippen LogP contribution in [0, 0.1) is 0 Å². The first-order valence-electron chi connectivity index (χ1n) is 4.82. The molecule has 0 atom stereocenters. The molecule has 0 radical (unpaired) electrons. The van der Waals surface area contributed by atoms with Gasteiger partial charge in [0.1, 0.15) is 6.29 Å². The third-order valence-corrected chi connectivity index (χ3v) is 2.00. The normalized spacial score (nSPS) is 10.9. The molecule has 0 saturated heterocycles. The van der Waals surface area contributed by atoms with Gasteiger partial charge in [0.2, 0.25) is 0 Å². The predicted octanol–water partition coefficient (Wildman–Crippen LogP) is 2.47. The van der Waals surface area contributed by atoms with Gasteiger partial charge in [-0.1, -0.05) is 24.3 Å². The molecule has 0 bridgehead atoms. The molecular weight excluding hydrogens is 204 g/mol. The van der Waals surface area contributed by atoms with E-state index in [9.17, 15) is 4.79 Å². The standard InChI is InChI=1S/C13H14O3/c1-15-12-8-7-11(10-13(12)16-2)6-4-3-5-9-14/h3-10H,1-2H3/b5-3?,6-4+. The summed E-state index contributed by atoms with van der Waals surface area (Å²) in [5.74, 6) is 1.38. The Kier molecular flexibility index (Phi) is 4.86. The molecule has 84 valence electrons. The zero-order valence-corrected chi connectivity index (χ0v) is 9.34. The second-order valence-corrected chi connectivity index (χ2v) is 2.99. The van der Waals surface area contributed by atoms with Crippen molar-refractivity contribution < 1.29 is 14.3 Å². The fraction of sp³-hybridized carbons (Fsp3) is 0.154. The van der Waals surface area contributed by atoms with E-state index < -0.39 is 0 Å². The second-order valence-electron chi connectivity index (χ2n) is 2.99. The number of methoxy groups -OCH3 is 2. The average Bonchev–Trinajstić information content (AvgIpc) is 2.34. The van der Waals surface area contributed by atoms with Crippen molar-refractivity contribution in [2.24, 2.45) is 0 Å². The number of allylic oxidation sites excluding steroid dienone is 3. The summed E-state index contributed by atoms with van der Waals surface area (Å²) in [6, 6.07) is 5.61. The van der Waals surface area contributed by atoms with Gasteiger partial charge in [0, 0.05) is 0 Å². The summed E-state index contributed by atoms with van der Waals surface area (Å²) < 4.78 is 10.3. The minimum atomic E-state index is 0.684. The highest BCUT2D eigenvalue weighted by atomic mass is 16.5. The largest absolute Gasteiger partial charge is 0.493 e. The molecule has 0 heterocycles. The van der Waals surface area contributed by atoms with E-state index in [-0.39, 0.29) is 0 Å². The number of hydrogen-bond donors (Lipinski definition) is 0. The van der Waals surface area contributed by atoms with Gasteiger partial charge in [-0.25, -0.2) is 0 Å². The van der Waals surface area contributed by atoms with Crippen LogP contribution in [0.15, 0.2) is 36.4 Å². The monoisotopic (exact) mass is 218 g/mol. The molecule has 16 heavy (non-hydrogen) atoms. The Hall–Kier alpha value is -2.03. The molecule has 3 nitrogen and oxygen atoms in total. The van der Waals surface area contributed by atoms with Gasteiger partial charge in [0.05, 0.1) is 14.2 Å². The number of rotatable bonds is 5. The molecule has 0 N–H and O–H groups in total. The summed E-state index contributed by atoms with van der Waals surface area (Å²) in [5, 5.41) is 0. The number of hydrogen-bond acceptors (Lipinski definition) is 3. The van der Waals surface area contributed by atoms with Crippen molar-refractivity contribution in [3.8, 4) is 11.5 Å². The van der Waals surface area contributed by atoms with Gasteiger partial charge in [-0.3, -0.25) is 4.79 Å². The first kappa shape index (κ1) is 12.0. The highest BCUT2D eigenvalue weighted by Crippen LogP contribution is 2.27. The van der Waals surface area contributed by atoms with E-state index in [0.29, 0.717) is 11.5 Å². The number of ether oxygens (including phenoxy) is 2. The molecule has 0 spiro atoms. The van der Waals surface area contributed by atoms with Crippen molar-refractivity contribution in [3.05, 3.63) is 42.0 Å². The van der Waals surface area contributed by atoms with Crippen molar-refractivity contribution in [2.75, 3.05) is 14.2 Å². The zero-order valence-electron chi connectivity index (χ0n) is 9.34. The molecule has 0 fully saturated rings. The van der Waals surface area contributed by atoms with Gasteiger partial charge in [-0.05, 0) is 23.8 Å². The van der Waals surface area contributed by atoms with Gasteiger partial charge >= 0.3 is 0 Å². The van der Waals surface area contributed by atoms with E-state index >= 15 is 0 Å². The molecule has 3 heteroatoms. The van der Waals surface area contributed by atoms with Crippen LogP contribution in [-0.2, 0) is 4.79 Å². The third kappa shape index (κ3) is 3.28. The van der Waals surface area contributed by atoms with Gasteiger partial charge in [-0.2, -0.15) is 0 Å². The van der Waals surface area contributed by atoms with E-state index in [1.54, 1.807) is 26.4 Å². The summed E-state index contributed by atoms with van der Waals surface area (Å²) in [5.41, 5.74) is 0.980. The van der Waals surface area contributed by atoms with Gasteiger partial charge in [-0.15, -0.1) is 0 Å². The molecule has 1 rings (SSSR count). The van der Waals surface area contributed by atoms with Crippen LogP contribution >= 0.6 is 0 Å². The second kappa shape index (κ2) is 6.45. The van der Waals surface area contributed by atoms with Crippen LogP contribution < -0.4 is 9.47 Å². The van der Waals surface area contributed by atoms with E-state index in [2.05, 4.69) is 0 Å². The molecule has 0 unspecified atom stereocenters. The summed E-state index contributed by atoms with van der Waals surface area (Å²) in [6.45, 7) is 0. The van der Waals surface area contributed by atoms with E-state index in [1.807, 2.05) is 24.3 Å². The smallest absolute Gasteiger partial charge is 0.161 e. The van der Waals surface area contributed by atoms with Crippen molar-refractivity contribution in [1.29, 1.82) is 0 Å². The molecule has 0 aliphatic rings. The van der Waals surface area contributed by atoms with E-state index in [4.69, 9.17) is 9.47 Å². The summed E-state index contributed by atoms with van der Waals surface area (Å²) >= 11 is 0. The minimum Gasteiger partial charge on any atom is -0.493 e. The Morgan fingerprint density at radius 2 is 1.75 bits per heavy atom. The Bertz CT molecular complexity index is 406. The Balaban J connectivity index is 2.86. The molecule has 0 aromatic heterocycles. The maximum atomic E-state index is 10.0. The number of carbonyl (C=O) groups excluding carboxylic acids is 1. The fourth-order valence-corrected chi connectivity index (χ4v) is 1.23. The lowest BCUT2D eigenvalue weighted by molar-refractivity contribution is -0.104. The SMILES string of the molecule is COc1ccc(/C=C/C=CC=O)cc1OC. The topological polar surface area (TPSA) is 35.5 Å².